The minimum absolute atomic E-state index is 0.167. The number of carbonyl (C=O) groups excluding carboxylic acids is 1. The zero-order chi connectivity index (χ0) is 14.5. The largest absolute Gasteiger partial charge is 0.469 e. The molecule has 0 saturated heterocycles. The highest BCUT2D eigenvalue weighted by Crippen LogP contribution is 2.13. The molecule has 3 nitrogen and oxygen atoms in total. The summed E-state index contributed by atoms with van der Waals surface area (Å²) in [6.07, 6.45) is 1.96. The van der Waals surface area contributed by atoms with Gasteiger partial charge < -0.3 is 9.32 Å². The van der Waals surface area contributed by atoms with Crippen LogP contribution in [0.3, 0.4) is 0 Å². The first kappa shape index (κ1) is 14.5. The van der Waals surface area contributed by atoms with Crippen LogP contribution < -0.4 is 0 Å². The molecule has 0 aliphatic rings. The molecule has 0 unspecified atom stereocenters. The average Bonchev–Trinajstić information content (AvgIpc) is 2.82. The quantitative estimate of drug-likeness (QED) is 0.757. The molecule has 1 heterocycles. The highest BCUT2D eigenvalue weighted by Gasteiger charge is 2.12. The Morgan fingerprint density at radius 2 is 2.05 bits per heavy atom. The second-order valence-electron chi connectivity index (χ2n) is 4.89. The molecule has 2 rings (SSSR count). The molecule has 0 radical (unpaired) electrons. The first-order valence-electron chi connectivity index (χ1n) is 6.57. The third-order valence-corrected chi connectivity index (χ3v) is 3.30. The van der Waals surface area contributed by atoms with E-state index in [2.05, 4.69) is 0 Å². The minimum Gasteiger partial charge on any atom is -0.469 e. The number of halogens is 1. The van der Waals surface area contributed by atoms with Crippen LogP contribution in [0.15, 0.2) is 41.0 Å². The maximum atomic E-state index is 13.5. The smallest absolute Gasteiger partial charge is 0.167 e. The summed E-state index contributed by atoms with van der Waals surface area (Å²) in [4.78, 5) is 14.0. The monoisotopic (exact) mass is 275 g/mol. The van der Waals surface area contributed by atoms with Crippen LogP contribution in [0.25, 0.3) is 0 Å². The van der Waals surface area contributed by atoms with E-state index in [-0.39, 0.29) is 11.3 Å². The molecule has 0 saturated carbocycles. The molecule has 0 fully saturated rings. The van der Waals surface area contributed by atoms with E-state index < -0.39 is 5.82 Å². The number of Topliss-reactive ketones (excluding diaryl/α,β-unsaturated/α-hetero) is 1. The molecule has 0 spiro atoms. The normalized spacial score (nSPS) is 11.0. The van der Waals surface area contributed by atoms with E-state index in [1.807, 2.05) is 24.9 Å². The van der Waals surface area contributed by atoms with Crippen LogP contribution in [0, 0.1) is 12.7 Å². The Kier molecular flexibility index (Phi) is 4.69. The van der Waals surface area contributed by atoms with Gasteiger partial charge in [-0.05, 0) is 32.2 Å². The maximum Gasteiger partial charge on any atom is 0.167 e. The van der Waals surface area contributed by atoms with Gasteiger partial charge in [-0.15, -0.1) is 0 Å². The second-order valence-corrected chi connectivity index (χ2v) is 4.89. The molecule has 20 heavy (non-hydrogen) atoms. The maximum absolute atomic E-state index is 13.5. The van der Waals surface area contributed by atoms with Gasteiger partial charge >= 0.3 is 0 Å². The fourth-order valence-electron chi connectivity index (χ4n) is 2.06. The van der Waals surface area contributed by atoms with Gasteiger partial charge in [0.2, 0.25) is 0 Å². The summed E-state index contributed by atoms with van der Waals surface area (Å²) in [5.41, 5.74) is 1.27. The fraction of sp³-hybridized carbons (Fsp3) is 0.312. The zero-order valence-corrected chi connectivity index (χ0v) is 11.7. The van der Waals surface area contributed by atoms with Gasteiger partial charge in [-0.1, -0.05) is 12.1 Å². The summed E-state index contributed by atoms with van der Waals surface area (Å²) in [5, 5.41) is 0. The molecule has 4 heteroatoms. The predicted octanol–water partition coefficient (Wildman–Crippen LogP) is 3.43. The van der Waals surface area contributed by atoms with Gasteiger partial charge in [-0.3, -0.25) is 4.79 Å². The van der Waals surface area contributed by atoms with Crippen LogP contribution in [-0.2, 0) is 6.54 Å². The van der Waals surface area contributed by atoms with Gasteiger partial charge in [0.25, 0.3) is 0 Å². The Bertz CT molecular complexity index is 592. The number of hydrogen-bond acceptors (Lipinski definition) is 3. The van der Waals surface area contributed by atoms with E-state index in [0.29, 0.717) is 19.5 Å². The predicted molar refractivity (Wildman–Crippen MR) is 75.1 cm³/mol. The Morgan fingerprint density at radius 1 is 1.30 bits per heavy atom. The lowest BCUT2D eigenvalue weighted by Crippen LogP contribution is -2.21. The van der Waals surface area contributed by atoms with Crippen molar-refractivity contribution in [2.24, 2.45) is 0 Å². The van der Waals surface area contributed by atoms with Crippen molar-refractivity contribution in [3.05, 3.63) is 59.3 Å². The van der Waals surface area contributed by atoms with Gasteiger partial charge in [0.15, 0.2) is 5.78 Å². The molecule has 0 bridgehead atoms. The molecular formula is C16H18FNO2. The molecule has 1 aromatic carbocycles. The van der Waals surface area contributed by atoms with Crippen LogP contribution in [-0.4, -0.2) is 24.3 Å². The van der Waals surface area contributed by atoms with E-state index >= 15 is 0 Å². The van der Waals surface area contributed by atoms with Crippen molar-refractivity contribution in [2.45, 2.75) is 19.9 Å². The number of rotatable bonds is 6. The molecule has 0 aliphatic carbocycles. The lowest BCUT2D eigenvalue weighted by Gasteiger charge is -2.15. The van der Waals surface area contributed by atoms with Crippen molar-refractivity contribution in [1.29, 1.82) is 0 Å². The van der Waals surface area contributed by atoms with Gasteiger partial charge in [-0.2, -0.15) is 0 Å². The highest BCUT2D eigenvalue weighted by atomic mass is 19.1. The minimum atomic E-state index is -0.453. The van der Waals surface area contributed by atoms with Crippen LogP contribution in [0.5, 0.6) is 0 Å². The summed E-state index contributed by atoms with van der Waals surface area (Å²) >= 11 is 0. The summed E-state index contributed by atoms with van der Waals surface area (Å²) in [5.74, 6) is 0.266. The summed E-state index contributed by atoms with van der Waals surface area (Å²) < 4.78 is 18.7. The van der Waals surface area contributed by atoms with E-state index in [4.69, 9.17) is 4.42 Å². The number of aryl methyl sites for hydroxylation is 1. The van der Waals surface area contributed by atoms with E-state index in [1.165, 1.54) is 12.1 Å². The number of nitrogens with zero attached hydrogens (tertiary/aromatic N) is 1. The van der Waals surface area contributed by atoms with Crippen molar-refractivity contribution < 1.29 is 13.6 Å². The zero-order valence-electron chi connectivity index (χ0n) is 11.7. The van der Waals surface area contributed by atoms with E-state index in [1.54, 1.807) is 18.4 Å². The third kappa shape index (κ3) is 3.54. The Balaban J connectivity index is 1.87. The van der Waals surface area contributed by atoms with E-state index in [9.17, 15) is 9.18 Å². The number of ketones is 1. The molecule has 0 amide bonds. The molecule has 0 N–H and O–H groups in total. The van der Waals surface area contributed by atoms with E-state index in [0.717, 1.165) is 11.3 Å². The van der Waals surface area contributed by atoms with Crippen molar-refractivity contribution in [2.75, 3.05) is 13.6 Å². The Labute approximate surface area is 118 Å². The van der Waals surface area contributed by atoms with Crippen LogP contribution >= 0.6 is 0 Å². The van der Waals surface area contributed by atoms with Crippen molar-refractivity contribution >= 4 is 5.78 Å². The Hall–Kier alpha value is -1.94. The van der Waals surface area contributed by atoms with Crippen LogP contribution in [0.4, 0.5) is 4.39 Å². The summed E-state index contributed by atoms with van der Waals surface area (Å²) in [7, 11) is 1.93. The van der Waals surface area contributed by atoms with Gasteiger partial charge in [0.05, 0.1) is 11.8 Å². The van der Waals surface area contributed by atoms with Gasteiger partial charge in [-0.25, -0.2) is 4.39 Å². The van der Waals surface area contributed by atoms with Crippen LogP contribution in [0.1, 0.15) is 28.1 Å². The summed E-state index contributed by atoms with van der Waals surface area (Å²) in [6, 6.07) is 8.02. The molecule has 106 valence electrons. The lowest BCUT2D eigenvalue weighted by molar-refractivity contribution is 0.0964. The molecule has 0 atom stereocenters. The highest BCUT2D eigenvalue weighted by molar-refractivity contribution is 5.96. The molecule has 0 aliphatic heterocycles. The van der Waals surface area contributed by atoms with Gasteiger partial charge in [0, 0.05) is 25.1 Å². The summed E-state index contributed by atoms with van der Waals surface area (Å²) in [6.45, 7) is 3.21. The fourth-order valence-corrected chi connectivity index (χ4v) is 2.06. The van der Waals surface area contributed by atoms with Crippen molar-refractivity contribution in [3.8, 4) is 0 Å². The first-order chi connectivity index (χ1) is 9.58. The molecule has 1 aromatic heterocycles. The van der Waals surface area contributed by atoms with Crippen molar-refractivity contribution in [3.63, 3.8) is 0 Å². The van der Waals surface area contributed by atoms with Crippen LogP contribution in [0.2, 0.25) is 0 Å². The van der Waals surface area contributed by atoms with Crippen molar-refractivity contribution in [1.82, 2.24) is 4.90 Å². The number of benzene rings is 1. The Morgan fingerprint density at radius 3 is 2.70 bits per heavy atom. The second kappa shape index (κ2) is 6.48. The standard InChI is InChI=1S/C16H18FNO2/c1-12-13(8-10-20-12)11-18(2)9-7-16(19)14-5-3-4-6-15(14)17/h3-6,8,10H,7,9,11H2,1-2H3. The molecule has 2 aromatic rings. The topological polar surface area (TPSA) is 33.5 Å². The number of furan rings is 1. The first-order valence-corrected chi connectivity index (χ1v) is 6.57. The number of carbonyl (C=O) groups is 1. The number of hydrogen-bond donors (Lipinski definition) is 0. The molecular weight excluding hydrogens is 257 g/mol. The SMILES string of the molecule is Cc1occc1CN(C)CCC(=O)c1ccccc1F. The third-order valence-electron chi connectivity index (χ3n) is 3.30. The van der Waals surface area contributed by atoms with Gasteiger partial charge in [0.1, 0.15) is 11.6 Å². The average molecular weight is 275 g/mol. The lowest BCUT2D eigenvalue weighted by atomic mass is 10.1.